The molecule has 0 aromatic carbocycles. The monoisotopic (exact) mass is 162 g/mol. The molecular weight excluding hydrogens is 155 g/mol. The Morgan fingerprint density at radius 3 is 2.50 bits per heavy atom. The van der Waals surface area contributed by atoms with Crippen molar-refractivity contribution in [3.8, 4) is 0 Å². The Bertz CT molecular complexity index is 20.9. The standard InChI is InChI=1S/C3H5.Sn.H/c1-3-2;;/h3H,1-2H2;;/q;;-1. The van der Waals surface area contributed by atoms with E-state index in [4.69, 9.17) is 0 Å². The van der Waals surface area contributed by atoms with Crippen molar-refractivity contribution in [2.45, 2.75) is 4.44 Å². The Hall–Kier alpha value is 0.539. The zero-order valence-corrected chi connectivity index (χ0v) is 5.35. The van der Waals surface area contributed by atoms with Gasteiger partial charge in [-0.3, -0.25) is 0 Å². The Kier molecular flexibility index (Phi) is 4.02. The van der Waals surface area contributed by atoms with Gasteiger partial charge in [0.2, 0.25) is 0 Å². The average Bonchev–Trinajstić information content (AvgIpc) is 1.37. The van der Waals surface area contributed by atoms with E-state index in [0.29, 0.717) is 0 Å². The van der Waals surface area contributed by atoms with Crippen LogP contribution < -0.4 is 0 Å². The normalized spacial score (nSPS) is 6.25. The van der Waals surface area contributed by atoms with Gasteiger partial charge in [0.15, 0.2) is 0 Å². The third-order valence-electron chi connectivity index (χ3n) is 0.144. The maximum absolute atomic E-state index is 3.50. The summed E-state index contributed by atoms with van der Waals surface area (Å²) >= 11 is 1.55. The summed E-state index contributed by atoms with van der Waals surface area (Å²) in [6, 6.07) is 0. The molecule has 0 N–H and O–H groups in total. The van der Waals surface area contributed by atoms with E-state index in [9.17, 15) is 0 Å². The smallest absolute Gasteiger partial charge is 1.00 e. The van der Waals surface area contributed by atoms with Crippen LogP contribution in [0.25, 0.3) is 0 Å². The molecule has 0 aromatic heterocycles. The number of rotatable bonds is 1. The third kappa shape index (κ3) is 2.54. The van der Waals surface area contributed by atoms with E-state index in [2.05, 4.69) is 6.58 Å². The molecule has 0 aliphatic carbocycles. The van der Waals surface area contributed by atoms with Gasteiger partial charge in [-0.25, -0.2) is 0 Å². The van der Waals surface area contributed by atoms with Gasteiger partial charge in [-0.05, 0) is 0 Å². The first-order chi connectivity index (χ1) is 1.91. The summed E-state index contributed by atoms with van der Waals surface area (Å²) in [6.07, 6.45) is 1.92. The van der Waals surface area contributed by atoms with Gasteiger partial charge in [0.05, 0.1) is 0 Å². The summed E-state index contributed by atoms with van der Waals surface area (Å²) in [5.74, 6) is 0. The summed E-state index contributed by atoms with van der Waals surface area (Å²) in [7, 11) is 0. The van der Waals surface area contributed by atoms with E-state index in [1.807, 2.05) is 6.08 Å². The SMILES string of the molecule is C=C[CH2][Sn].[H-]. The van der Waals surface area contributed by atoms with Crippen LogP contribution in [-0.4, -0.2) is 22.5 Å². The van der Waals surface area contributed by atoms with Crippen molar-refractivity contribution in [2.24, 2.45) is 0 Å². The number of allylic oxidation sites excluding steroid dienone is 1. The van der Waals surface area contributed by atoms with E-state index >= 15 is 0 Å². The van der Waals surface area contributed by atoms with Crippen molar-refractivity contribution in [3.05, 3.63) is 12.7 Å². The maximum Gasteiger partial charge on any atom is -1.00 e. The van der Waals surface area contributed by atoms with E-state index in [-0.39, 0.29) is 1.43 Å². The van der Waals surface area contributed by atoms with Crippen LogP contribution in [0.1, 0.15) is 1.43 Å². The predicted molar refractivity (Wildman–Crippen MR) is 21.9 cm³/mol. The second kappa shape index (κ2) is 3.54. The minimum absolute atomic E-state index is 0. The van der Waals surface area contributed by atoms with E-state index in [0.717, 1.165) is 0 Å². The van der Waals surface area contributed by atoms with Gasteiger partial charge >= 0.3 is 39.6 Å². The molecule has 0 unspecified atom stereocenters. The Balaban J connectivity index is 0. The fourth-order valence-corrected chi connectivity index (χ4v) is 0. The van der Waals surface area contributed by atoms with Gasteiger partial charge in [-0.1, -0.05) is 0 Å². The molecule has 23 valence electrons. The topological polar surface area (TPSA) is 0 Å². The molecule has 0 saturated heterocycles. The van der Waals surface area contributed by atoms with Gasteiger partial charge < -0.3 is 1.43 Å². The van der Waals surface area contributed by atoms with E-state index in [1.54, 1.807) is 22.5 Å². The minimum atomic E-state index is 0. The Morgan fingerprint density at radius 1 is 2.25 bits per heavy atom. The molecule has 0 spiro atoms. The zero-order valence-electron chi connectivity index (χ0n) is 3.49. The molecule has 0 fully saturated rings. The van der Waals surface area contributed by atoms with Crippen LogP contribution in [0.2, 0.25) is 4.44 Å². The molecular formula is C3H6Sn-. The maximum atomic E-state index is 3.50. The molecule has 0 rings (SSSR count). The number of hydrogen-bond acceptors (Lipinski definition) is 0. The van der Waals surface area contributed by atoms with Crippen molar-refractivity contribution >= 4 is 22.5 Å². The number of hydrogen-bond donors (Lipinski definition) is 0. The quantitative estimate of drug-likeness (QED) is 0.395. The summed E-state index contributed by atoms with van der Waals surface area (Å²) in [5, 5.41) is 0. The Morgan fingerprint density at radius 2 is 2.50 bits per heavy atom. The van der Waals surface area contributed by atoms with Crippen molar-refractivity contribution < 1.29 is 1.43 Å². The largest absolute Gasteiger partial charge is 1.00 e. The minimum Gasteiger partial charge on any atom is -1.00 e. The average molecular weight is 161 g/mol. The van der Waals surface area contributed by atoms with E-state index < -0.39 is 0 Å². The van der Waals surface area contributed by atoms with Crippen LogP contribution in [0.5, 0.6) is 0 Å². The van der Waals surface area contributed by atoms with Crippen molar-refractivity contribution in [3.63, 3.8) is 0 Å². The summed E-state index contributed by atoms with van der Waals surface area (Å²) in [5.41, 5.74) is 0. The van der Waals surface area contributed by atoms with E-state index in [1.165, 1.54) is 4.44 Å². The molecule has 0 aromatic rings. The van der Waals surface area contributed by atoms with Crippen LogP contribution in [0.3, 0.4) is 0 Å². The summed E-state index contributed by atoms with van der Waals surface area (Å²) < 4.78 is 1.17. The fraction of sp³-hybridized carbons (Fsp3) is 0.333. The van der Waals surface area contributed by atoms with Gasteiger partial charge in [0.1, 0.15) is 0 Å². The molecule has 0 amide bonds. The van der Waals surface area contributed by atoms with Crippen LogP contribution in [0.15, 0.2) is 12.7 Å². The first kappa shape index (κ1) is 4.54. The van der Waals surface area contributed by atoms with Crippen LogP contribution in [0, 0.1) is 0 Å². The van der Waals surface area contributed by atoms with Gasteiger partial charge in [-0.15, -0.1) is 0 Å². The first-order valence-electron chi connectivity index (χ1n) is 1.17. The van der Waals surface area contributed by atoms with Gasteiger partial charge in [0.25, 0.3) is 0 Å². The zero-order chi connectivity index (χ0) is 3.41. The predicted octanol–water partition coefficient (Wildman–Crippen LogP) is 0.872. The van der Waals surface area contributed by atoms with Crippen molar-refractivity contribution in [1.82, 2.24) is 0 Å². The molecule has 0 heterocycles. The Labute approximate surface area is 41.5 Å². The van der Waals surface area contributed by atoms with Crippen LogP contribution >= 0.6 is 0 Å². The first-order valence-corrected chi connectivity index (χ1v) is 3.19. The molecule has 0 atom stereocenters. The second-order valence-corrected chi connectivity index (χ2v) is 1.66. The molecule has 0 nitrogen and oxygen atoms in total. The van der Waals surface area contributed by atoms with Gasteiger partial charge in [0, 0.05) is 0 Å². The molecule has 3 radical (unpaired) electrons. The van der Waals surface area contributed by atoms with Gasteiger partial charge in [-0.2, -0.15) is 0 Å². The molecule has 0 saturated carbocycles. The molecule has 0 aliphatic heterocycles. The van der Waals surface area contributed by atoms with Crippen LogP contribution in [0.4, 0.5) is 0 Å². The third-order valence-corrected chi connectivity index (χ3v) is 0.968. The van der Waals surface area contributed by atoms with Crippen molar-refractivity contribution in [2.75, 3.05) is 0 Å². The molecule has 0 bridgehead atoms. The van der Waals surface area contributed by atoms with Crippen LogP contribution in [-0.2, 0) is 0 Å². The second-order valence-electron chi connectivity index (χ2n) is 0.493. The fourth-order valence-electron chi connectivity index (χ4n) is 0. The summed E-state index contributed by atoms with van der Waals surface area (Å²) in [6.45, 7) is 3.50. The molecule has 0 aliphatic rings. The molecule has 4 heavy (non-hydrogen) atoms. The molecule has 1 heteroatoms. The summed E-state index contributed by atoms with van der Waals surface area (Å²) in [4.78, 5) is 0. The van der Waals surface area contributed by atoms with Crippen molar-refractivity contribution in [1.29, 1.82) is 0 Å².